The van der Waals surface area contributed by atoms with Crippen molar-refractivity contribution >= 4 is 22.5 Å². The number of aromatic nitrogens is 5. The molecule has 8 heteroatoms. The molecule has 8 nitrogen and oxygen atoms in total. The molecule has 1 N–H and O–H groups in total. The Morgan fingerprint density at radius 3 is 2.79 bits per heavy atom. The summed E-state index contributed by atoms with van der Waals surface area (Å²) in [5.74, 6) is 2.19. The molecule has 0 saturated heterocycles. The van der Waals surface area contributed by atoms with E-state index in [1.165, 1.54) is 11.9 Å². The number of fused-ring (bicyclic) bond motifs is 2. The van der Waals surface area contributed by atoms with Crippen LogP contribution in [-0.4, -0.2) is 63.0 Å². The Morgan fingerprint density at radius 1 is 1.29 bits per heavy atom. The van der Waals surface area contributed by atoms with Crippen LogP contribution >= 0.6 is 0 Å². The number of Topliss-reactive ketones (excluding diaryl/α,β-unsaturated/α-hetero) is 1. The molecule has 1 saturated carbocycles. The van der Waals surface area contributed by atoms with Crippen molar-refractivity contribution in [2.24, 2.45) is 5.92 Å². The number of ketones is 1. The highest BCUT2D eigenvalue weighted by atomic mass is 16.5. The topological polar surface area (TPSA) is 88.4 Å². The third-order valence-corrected chi connectivity index (χ3v) is 6.79. The average Bonchev–Trinajstić information content (AvgIpc) is 3.38. The van der Waals surface area contributed by atoms with E-state index in [1.54, 1.807) is 11.6 Å². The van der Waals surface area contributed by atoms with E-state index in [-0.39, 0.29) is 5.92 Å². The number of methoxy groups -OCH3 is 1. The first-order valence-electron chi connectivity index (χ1n) is 11.9. The minimum atomic E-state index is 0.279. The van der Waals surface area contributed by atoms with Crippen LogP contribution in [-0.2, 0) is 4.79 Å². The Hall–Kier alpha value is -3.26. The first-order valence-corrected chi connectivity index (χ1v) is 11.9. The predicted octanol–water partition coefficient (Wildman–Crippen LogP) is 4.42. The zero-order valence-corrected chi connectivity index (χ0v) is 20.5. The summed E-state index contributed by atoms with van der Waals surface area (Å²) in [6.07, 6.45) is 6.25. The van der Waals surface area contributed by atoms with E-state index in [4.69, 9.17) is 9.72 Å². The molecule has 0 bridgehead atoms. The molecule has 0 aromatic carbocycles. The summed E-state index contributed by atoms with van der Waals surface area (Å²) in [7, 11) is 5.53. The van der Waals surface area contributed by atoms with Gasteiger partial charge in [0.25, 0.3) is 0 Å². The molecular weight excluding hydrogens is 428 g/mol. The number of likely N-dealkylation sites (N-methyl/N-ethyl adjacent to an activating group) is 1. The van der Waals surface area contributed by atoms with Crippen molar-refractivity contribution < 1.29 is 9.53 Å². The summed E-state index contributed by atoms with van der Waals surface area (Å²) in [5, 5.41) is 4.31. The fraction of sp³-hybridized carbons (Fsp3) is 0.462. The average molecular weight is 461 g/mol. The van der Waals surface area contributed by atoms with Gasteiger partial charge in [0, 0.05) is 35.4 Å². The van der Waals surface area contributed by atoms with Gasteiger partial charge in [0.15, 0.2) is 11.4 Å². The van der Waals surface area contributed by atoms with Crippen molar-refractivity contribution in [3.63, 3.8) is 0 Å². The lowest BCUT2D eigenvalue weighted by Gasteiger charge is -2.34. The van der Waals surface area contributed by atoms with E-state index < -0.39 is 0 Å². The van der Waals surface area contributed by atoms with Crippen molar-refractivity contribution in [3.8, 4) is 17.0 Å². The first kappa shape index (κ1) is 22.5. The van der Waals surface area contributed by atoms with Gasteiger partial charge in [-0.15, -0.1) is 0 Å². The van der Waals surface area contributed by atoms with Gasteiger partial charge in [-0.2, -0.15) is 5.10 Å². The van der Waals surface area contributed by atoms with E-state index in [9.17, 15) is 4.79 Å². The van der Waals surface area contributed by atoms with Gasteiger partial charge in [0.05, 0.1) is 30.4 Å². The lowest BCUT2D eigenvalue weighted by atomic mass is 9.71. The second-order valence-electron chi connectivity index (χ2n) is 10.0. The molecule has 0 spiro atoms. The monoisotopic (exact) mass is 460 g/mol. The van der Waals surface area contributed by atoms with Crippen LogP contribution in [0.5, 0.6) is 5.75 Å². The zero-order valence-electron chi connectivity index (χ0n) is 20.5. The highest BCUT2D eigenvalue weighted by Crippen LogP contribution is 2.44. The molecule has 1 fully saturated rings. The van der Waals surface area contributed by atoms with Crippen LogP contribution in [0.15, 0.2) is 30.7 Å². The van der Waals surface area contributed by atoms with Crippen LogP contribution in [0.4, 0.5) is 0 Å². The molecule has 0 aliphatic heterocycles. The quantitative estimate of drug-likeness (QED) is 0.419. The van der Waals surface area contributed by atoms with Gasteiger partial charge in [-0.05, 0) is 57.0 Å². The number of pyridine rings is 2. The number of nitrogens with one attached hydrogen (secondary N) is 1. The summed E-state index contributed by atoms with van der Waals surface area (Å²) in [5.41, 5.74) is 7.07. The van der Waals surface area contributed by atoms with Gasteiger partial charge in [-0.25, -0.2) is 9.50 Å². The Morgan fingerprint density at radius 2 is 2.09 bits per heavy atom. The number of carbonyl (C=O) groups excluding carboxylic acids is 1. The summed E-state index contributed by atoms with van der Waals surface area (Å²) >= 11 is 0. The van der Waals surface area contributed by atoms with Gasteiger partial charge in [0.2, 0.25) is 0 Å². The summed E-state index contributed by atoms with van der Waals surface area (Å²) in [6, 6.07) is 6.28. The standard InChI is InChI=1S/C26H32N6O2/c1-15(2)23-24(18-11-22(34-5)26-27-14-28-32(26)12-18)30-21-7-6-20(29-25(21)23)17-8-16(9-17)10-19(33)13-31(3)4/h6-7,11-12,14-17,30H,8-10,13H2,1-5H3. The lowest BCUT2D eigenvalue weighted by molar-refractivity contribution is -0.121. The lowest BCUT2D eigenvalue weighted by Crippen LogP contribution is -2.29. The van der Waals surface area contributed by atoms with E-state index >= 15 is 0 Å². The Kier molecular flexibility index (Phi) is 5.85. The van der Waals surface area contributed by atoms with E-state index in [0.29, 0.717) is 42.0 Å². The number of carbonyl (C=O) groups is 1. The predicted molar refractivity (Wildman–Crippen MR) is 132 cm³/mol. The third kappa shape index (κ3) is 4.07. The highest BCUT2D eigenvalue weighted by Gasteiger charge is 2.33. The van der Waals surface area contributed by atoms with Crippen LogP contribution in [0.25, 0.3) is 27.9 Å². The van der Waals surface area contributed by atoms with Crippen molar-refractivity contribution in [1.29, 1.82) is 0 Å². The Labute approximate surface area is 199 Å². The van der Waals surface area contributed by atoms with Crippen LogP contribution in [0.2, 0.25) is 0 Å². The molecule has 0 atom stereocenters. The fourth-order valence-corrected chi connectivity index (χ4v) is 5.18. The smallest absolute Gasteiger partial charge is 0.197 e. The van der Waals surface area contributed by atoms with Crippen LogP contribution < -0.4 is 4.74 Å². The highest BCUT2D eigenvalue weighted by molar-refractivity contribution is 5.89. The van der Waals surface area contributed by atoms with Crippen LogP contribution in [0, 0.1) is 5.92 Å². The minimum Gasteiger partial charge on any atom is -0.493 e. The molecule has 1 aliphatic carbocycles. The maximum Gasteiger partial charge on any atom is 0.197 e. The SMILES string of the molecule is COc1cc(-c2[nH]c3ccc(C4CC(CC(=O)CN(C)C)C4)nc3c2C(C)C)cn2ncnc12. The van der Waals surface area contributed by atoms with Crippen molar-refractivity contribution in [2.75, 3.05) is 27.7 Å². The van der Waals surface area contributed by atoms with Gasteiger partial charge in [-0.1, -0.05) is 13.8 Å². The second-order valence-corrected chi connectivity index (χ2v) is 10.0. The molecule has 4 heterocycles. The van der Waals surface area contributed by atoms with E-state index in [0.717, 1.165) is 40.8 Å². The van der Waals surface area contributed by atoms with Crippen LogP contribution in [0.1, 0.15) is 56.2 Å². The molecule has 34 heavy (non-hydrogen) atoms. The zero-order chi connectivity index (χ0) is 24.0. The van der Waals surface area contributed by atoms with Crippen LogP contribution in [0.3, 0.4) is 0 Å². The molecular formula is C26H32N6O2. The molecule has 178 valence electrons. The Bertz CT molecular complexity index is 1350. The number of ether oxygens (including phenoxy) is 1. The molecule has 4 aromatic rings. The molecule has 0 amide bonds. The maximum absolute atomic E-state index is 12.2. The maximum atomic E-state index is 12.2. The fourth-order valence-electron chi connectivity index (χ4n) is 5.18. The number of rotatable bonds is 8. The number of hydrogen-bond acceptors (Lipinski definition) is 6. The number of hydrogen-bond donors (Lipinski definition) is 1. The van der Waals surface area contributed by atoms with E-state index in [1.807, 2.05) is 31.3 Å². The Balaban J connectivity index is 1.45. The van der Waals surface area contributed by atoms with E-state index in [2.05, 4.69) is 41.0 Å². The summed E-state index contributed by atoms with van der Waals surface area (Å²) in [4.78, 5) is 27.1. The second kappa shape index (κ2) is 8.83. The molecule has 0 unspecified atom stereocenters. The summed E-state index contributed by atoms with van der Waals surface area (Å²) in [6.45, 7) is 4.92. The van der Waals surface area contributed by atoms with Crippen molar-refractivity contribution in [2.45, 2.75) is 44.9 Å². The van der Waals surface area contributed by atoms with Gasteiger partial charge in [-0.3, -0.25) is 9.78 Å². The molecule has 4 aromatic heterocycles. The number of aromatic amines is 1. The summed E-state index contributed by atoms with van der Waals surface area (Å²) < 4.78 is 7.32. The van der Waals surface area contributed by atoms with Gasteiger partial charge in [0.1, 0.15) is 12.1 Å². The molecule has 5 rings (SSSR count). The van der Waals surface area contributed by atoms with Crippen molar-refractivity contribution in [3.05, 3.63) is 42.0 Å². The first-order chi connectivity index (χ1) is 16.3. The van der Waals surface area contributed by atoms with Crippen molar-refractivity contribution in [1.82, 2.24) is 29.5 Å². The number of nitrogens with zero attached hydrogens (tertiary/aromatic N) is 5. The van der Waals surface area contributed by atoms with Gasteiger partial charge < -0.3 is 14.6 Å². The van der Waals surface area contributed by atoms with Gasteiger partial charge >= 0.3 is 0 Å². The third-order valence-electron chi connectivity index (χ3n) is 6.79. The normalized spacial score (nSPS) is 18.2. The molecule has 1 aliphatic rings. The molecule has 0 radical (unpaired) electrons. The number of H-pyrrole nitrogens is 1. The largest absolute Gasteiger partial charge is 0.493 e. The minimum absolute atomic E-state index is 0.279.